The highest BCUT2D eigenvalue weighted by Crippen LogP contribution is 2.35. The molecule has 7 heteroatoms. The van der Waals surface area contributed by atoms with E-state index in [-0.39, 0.29) is 5.91 Å². The SMILES string of the molecule is CCCN1C(=O)/C(=C\c2cn(-c3ccccc3)nc2-c2ccc(Cl)cc2)SC1=S. The molecule has 0 radical (unpaired) electrons. The summed E-state index contributed by atoms with van der Waals surface area (Å²) in [5.41, 5.74) is 3.51. The number of amides is 1. The summed E-state index contributed by atoms with van der Waals surface area (Å²) in [6, 6.07) is 17.4. The molecule has 0 saturated carbocycles. The van der Waals surface area contributed by atoms with Crippen LogP contribution < -0.4 is 0 Å². The predicted octanol–water partition coefficient (Wildman–Crippen LogP) is 5.80. The number of para-hydroxylation sites is 1. The van der Waals surface area contributed by atoms with Crippen LogP contribution in [0.25, 0.3) is 23.0 Å². The van der Waals surface area contributed by atoms with Gasteiger partial charge in [0.15, 0.2) is 0 Å². The van der Waals surface area contributed by atoms with Gasteiger partial charge in [0, 0.05) is 28.9 Å². The molecule has 4 nitrogen and oxygen atoms in total. The number of carbonyl (C=O) groups excluding carboxylic acids is 1. The summed E-state index contributed by atoms with van der Waals surface area (Å²) in [6.07, 6.45) is 4.68. The van der Waals surface area contributed by atoms with Gasteiger partial charge in [-0.2, -0.15) is 5.10 Å². The molecule has 1 aliphatic rings. The molecule has 146 valence electrons. The normalized spacial score (nSPS) is 15.5. The van der Waals surface area contributed by atoms with E-state index in [9.17, 15) is 4.79 Å². The lowest BCUT2D eigenvalue weighted by molar-refractivity contribution is -0.122. The van der Waals surface area contributed by atoms with E-state index in [4.69, 9.17) is 28.9 Å². The number of thioether (sulfide) groups is 1. The molecule has 1 amide bonds. The van der Waals surface area contributed by atoms with Crippen LogP contribution in [0.1, 0.15) is 18.9 Å². The summed E-state index contributed by atoms with van der Waals surface area (Å²) >= 11 is 12.8. The van der Waals surface area contributed by atoms with Crippen LogP contribution >= 0.6 is 35.6 Å². The second-order valence-corrected chi connectivity index (χ2v) is 8.67. The molecule has 2 heterocycles. The minimum Gasteiger partial charge on any atom is -0.293 e. The van der Waals surface area contributed by atoms with Gasteiger partial charge in [-0.25, -0.2) is 4.68 Å². The summed E-state index contributed by atoms with van der Waals surface area (Å²) in [7, 11) is 0. The molecule has 0 spiro atoms. The number of halogens is 1. The number of benzene rings is 2. The van der Waals surface area contributed by atoms with Gasteiger partial charge in [-0.15, -0.1) is 0 Å². The van der Waals surface area contributed by atoms with Crippen LogP contribution in [0, 0.1) is 0 Å². The van der Waals surface area contributed by atoms with Crippen molar-refractivity contribution in [3.63, 3.8) is 0 Å². The molecule has 0 aliphatic carbocycles. The molecule has 0 N–H and O–H groups in total. The van der Waals surface area contributed by atoms with Gasteiger partial charge in [0.25, 0.3) is 5.91 Å². The number of thiocarbonyl (C=S) groups is 1. The van der Waals surface area contributed by atoms with Gasteiger partial charge in [-0.05, 0) is 36.8 Å². The van der Waals surface area contributed by atoms with E-state index >= 15 is 0 Å². The highest BCUT2D eigenvalue weighted by molar-refractivity contribution is 8.26. The summed E-state index contributed by atoms with van der Waals surface area (Å²) in [5, 5.41) is 5.45. The molecule has 4 rings (SSSR count). The number of hydrogen-bond donors (Lipinski definition) is 0. The summed E-state index contributed by atoms with van der Waals surface area (Å²) in [5.74, 6) is -0.0450. The van der Waals surface area contributed by atoms with Crippen molar-refractivity contribution in [3.05, 3.63) is 76.3 Å². The van der Waals surface area contributed by atoms with Gasteiger partial charge < -0.3 is 0 Å². The molecule has 0 bridgehead atoms. The van der Waals surface area contributed by atoms with Crippen LogP contribution in [-0.2, 0) is 4.79 Å². The third kappa shape index (κ3) is 4.15. The molecule has 2 aromatic carbocycles. The van der Waals surface area contributed by atoms with Crippen LogP contribution in [0.15, 0.2) is 65.7 Å². The Morgan fingerprint density at radius 2 is 1.86 bits per heavy atom. The first-order valence-electron chi connectivity index (χ1n) is 9.23. The number of carbonyl (C=O) groups is 1. The second kappa shape index (κ2) is 8.53. The number of hydrogen-bond acceptors (Lipinski definition) is 4. The topological polar surface area (TPSA) is 38.1 Å². The molecule has 1 fully saturated rings. The fourth-order valence-corrected chi connectivity index (χ4v) is 4.52. The Bertz CT molecular complexity index is 1090. The zero-order chi connectivity index (χ0) is 20.4. The maximum Gasteiger partial charge on any atom is 0.266 e. The lowest BCUT2D eigenvalue weighted by Gasteiger charge is -2.11. The Morgan fingerprint density at radius 3 is 2.55 bits per heavy atom. The van der Waals surface area contributed by atoms with E-state index in [0.717, 1.165) is 28.9 Å². The smallest absolute Gasteiger partial charge is 0.266 e. The van der Waals surface area contributed by atoms with Gasteiger partial charge in [-0.1, -0.05) is 72.8 Å². The van der Waals surface area contributed by atoms with Crippen molar-refractivity contribution in [1.29, 1.82) is 0 Å². The van der Waals surface area contributed by atoms with Gasteiger partial charge in [-0.3, -0.25) is 9.69 Å². The Morgan fingerprint density at radius 1 is 1.14 bits per heavy atom. The summed E-state index contributed by atoms with van der Waals surface area (Å²) < 4.78 is 2.43. The summed E-state index contributed by atoms with van der Waals surface area (Å²) in [6.45, 7) is 2.67. The number of aromatic nitrogens is 2. The van der Waals surface area contributed by atoms with E-state index < -0.39 is 0 Å². The van der Waals surface area contributed by atoms with Crippen molar-refractivity contribution >= 4 is 51.9 Å². The van der Waals surface area contributed by atoms with Crippen LogP contribution in [0.4, 0.5) is 0 Å². The molecule has 1 saturated heterocycles. The molecular weight excluding hydrogens is 422 g/mol. The highest BCUT2D eigenvalue weighted by Gasteiger charge is 2.31. The molecule has 3 aromatic rings. The average Bonchev–Trinajstić information content (AvgIpc) is 3.26. The molecule has 0 unspecified atom stereocenters. The Balaban J connectivity index is 1.79. The van der Waals surface area contributed by atoms with Crippen LogP contribution in [0.5, 0.6) is 0 Å². The molecule has 29 heavy (non-hydrogen) atoms. The first kappa shape index (κ1) is 19.9. The van der Waals surface area contributed by atoms with E-state index in [0.29, 0.717) is 20.8 Å². The molecule has 1 aromatic heterocycles. The zero-order valence-corrected chi connectivity index (χ0v) is 18.1. The molecular formula is C22H18ClN3OS2. The standard InChI is InChI=1S/C22H18ClN3OS2/c1-2-12-25-21(27)19(29-22(25)28)13-16-14-26(18-6-4-3-5-7-18)24-20(16)15-8-10-17(23)11-9-15/h3-11,13-14H,2,12H2,1H3/b19-13+. The van der Waals surface area contributed by atoms with Crippen molar-refractivity contribution < 1.29 is 4.79 Å². The minimum absolute atomic E-state index is 0.0450. The quantitative estimate of drug-likeness (QED) is 0.371. The zero-order valence-electron chi connectivity index (χ0n) is 15.7. The number of nitrogens with zero attached hydrogens (tertiary/aromatic N) is 3. The van der Waals surface area contributed by atoms with E-state index in [1.165, 1.54) is 11.8 Å². The third-order valence-electron chi connectivity index (χ3n) is 4.49. The Kier molecular flexibility index (Phi) is 5.85. The average molecular weight is 440 g/mol. The Labute approximate surface area is 184 Å². The predicted molar refractivity (Wildman–Crippen MR) is 124 cm³/mol. The van der Waals surface area contributed by atoms with Crippen molar-refractivity contribution in [1.82, 2.24) is 14.7 Å². The van der Waals surface area contributed by atoms with Gasteiger partial charge >= 0.3 is 0 Å². The van der Waals surface area contributed by atoms with Crippen molar-refractivity contribution in [2.75, 3.05) is 6.54 Å². The number of rotatable bonds is 5. The fourth-order valence-electron chi connectivity index (χ4n) is 3.10. The first-order chi connectivity index (χ1) is 14.1. The van der Waals surface area contributed by atoms with Crippen LogP contribution in [-0.4, -0.2) is 31.5 Å². The lowest BCUT2D eigenvalue weighted by atomic mass is 10.1. The molecule has 1 aliphatic heterocycles. The largest absolute Gasteiger partial charge is 0.293 e. The van der Waals surface area contributed by atoms with Crippen LogP contribution in [0.3, 0.4) is 0 Å². The fraction of sp³-hybridized carbons (Fsp3) is 0.136. The lowest BCUT2D eigenvalue weighted by Crippen LogP contribution is -2.28. The Hall–Kier alpha value is -2.41. The maximum atomic E-state index is 12.8. The van der Waals surface area contributed by atoms with Crippen molar-refractivity contribution in [3.8, 4) is 16.9 Å². The van der Waals surface area contributed by atoms with Crippen molar-refractivity contribution in [2.24, 2.45) is 0 Å². The van der Waals surface area contributed by atoms with Crippen LogP contribution in [0.2, 0.25) is 5.02 Å². The van der Waals surface area contributed by atoms with E-state index in [1.807, 2.05) is 78.5 Å². The minimum atomic E-state index is -0.0450. The monoisotopic (exact) mass is 439 g/mol. The second-order valence-electron chi connectivity index (χ2n) is 6.55. The summed E-state index contributed by atoms with van der Waals surface area (Å²) in [4.78, 5) is 15.1. The van der Waals surface area contributed by atoms with Gasteiger partial charge in [0.05, 0.1) is 16.3 Å². The van der Waals surface area contributed by atoms with E-state index in [2.05, 4.69) is 0 Å². The first-order valence-corrected chi connectivity index (χ1v) is 10.8. The van der Waals surface area contributed by atoms with Gasteiger partial charge in [0.1, 0.15) is 4.32 Å². The van der Waals surface area contributed by atoms with E-state index in [1.54, 1.807) is 4.90 Å². The maximum absolute atomic E-state index is 12.8. The molecule has 0 atom stereocenters. The third-order valence-corrected chi connectivity index (χ3v) is 6.12. The van der Waals surface area contributed by atoms with Crippen molar-refractivity contribution in [2.45, 2.75) is 13.3 Å². The van der Waals surface area contributed by atoms with Gasteiger partial charge in [0.2, 0.25) is 0 Å². The highest BCUT2D eigenvalue weighted by atomic mass is 35.5.